The minimum Gasteiger partial charge on any atom is -1.00 e. The summed E-state index contributed by atoms with van der Waals surface area (Å²) in [6.45, 7) is 1.38. The third-order valence-electron chi connectivity index (χ3n) is 4.19. The van der Waals surface area contributed by atoms with E-state index in [0.29, 0.717) is 22.9 Å². The minimum atomic E-state index is -1.00. The van der Waals surface area contributed by atoms with Gasteiger partial charge in [0.1, 0.15) is 17.3 Å². The van der Waals surface area contributed by atoms with Crippen molar-refractivity contribution in [1.82, 2.24) is 5.32 Å². The van der Waals surface area contributed by atoms with Crippen molar-refractivity contribution in [2.75, 3.05) is 13.7 Å². The molecule has 0 unspecified atom stereocenters. The Morgan fingerprint density at radius 3 is 2.57 bits per heavy atom. The topological polar surface area (TPSA) is 71.7 Å². The number of carbonyl (C=O) groups is 1. The number of carboxylic acid groups (broad SMARTS) is 1. The van der Waals surface area contributed by atoms with E-state index in [2.05, 4.69) is 5.32 Å². The van der Waals surface area contributed by atoms with Gasteiger partial charge in [-0.3, -0.25) is 0 Å². The molecule has 7 heteroatoms. The van der Waals surface area contributed by atoms with Crippen LogP contribution in [0.25, 0.3) is 11.3 Å². The first-order chi connectivity index (χ1) is 13.1. The van der Waals surface area contributed by atoms with Gasteiger partial charge in [0.25, 0.3) is 0 Å². The lowest BCUT2D eigenvalue weighted by molar-refractivity contribution is -0.0000217. The molecule has 5 nitrogen and oxygen atoms in total. The summed E-state index contributed by atoms with van der Waals surface area (Å²) >= 11 is 6.18. The van der Waals surface area contributed by atoms with Crippen molar-refractivity contribution in [3.8, 4) is 17.1 Å². The number of methoxy groups -OCH3 is 1. The van der Waals surface area contributed by atoms with Crippen LogP contribution < -0.4 is 22.5 Å². The maximum atomic E-state index is 11.1. The number of furan rings is 1. The number of aromatic carboxylic acids is 1. The van der Waals surface area contributed by atoms with Crippen LogP contribution in [-0.2, 0) is 13.0 Å². The zero-order chi connectivity index (χ0) is 19.2. The molecule has 1 heterocycles. The fourth-order valence-electron chi connectivity index (χ4n) is 2.70. The molecule has 3 aromatic rings. The van der Waals surface area contributed by atoms with Gasteiger partial charge in [0, 0.05) is 5.56 Å². The van der Waals surface area contributed by atoms with E-state index in [-0.39, 0.29) is 18.0 Å². The molecule has 2 aromatic carbocycles. The molecule has 0 saturated heterocycles. The highest BCUT2D eigenvalue weighted by Gasteiger charge is 2.12. The standard InChI is InChI=1S/C21H20ClNO4.ClH/c1-26-16-5-2-14(3-6-16)10-11-23-13-17-7-9-20(27-17)18-12-15(21(24)25)4-8-19(18)22;/h2-9,12,23H,10-11,13H2,1H3,(H,24,25);1H/p-1. The van der Waals surface area contributed by atoms with Gasteiger partial charge in [-0.05, 0) is 61.0 Å². The summed E-state index contributed by atoms with van der Waals surface area (Å²) in [6.07, 6.45) is 0.893. The Bertz CT molecular complexity index is 922. The summed E-state index contributed by atoms with van der Waals surface area (Å²) in [5.74, 6) is 1.16. The molecule has 0 bridgehead atoms. The summed E-state index contributed by atoms with van der Waals surface area (Å²) in [7, 11) is 1.65. The molecule has 148 valence electrons. The van der Waals surface area contributed by atoms with Gasteiger partial charge in [-0.2, -0.15) is 0 Å². The molecule has 0 amide bonds. The van der Waals surface area contributed by atoms with Crippen LogP contribution in [-0.4, -0.2) is 24.7 Å². The average Bonchev–Trinajstić information content (AvgIpc) is 3.14. The summed E-state index contributed by atoms with van der Waals surface area (Å²) in [6, 6.07) is 16.2. The fourth-order valence-corrected chi connectivity index (χ4v) is 2.91. The van der Waals surface area contributed by atoms with Crippen molar-refractivity contribution in [3.05, 3.63) is 76.5 Å². The summed E-state index contributed by atoms with van der Waals surface area (Å²) < 4.78 is 11.0. The second kappa shape index (κ2) is 10.2. The molecule has 0 atom stereocenters. The Balaban J connectivity index is 0.00000280. The highest BCUT2D eigenvalue weighted by atomic mass is 35.5. The SMILES string of the molecule is COc1ccc(CCNCc2ccc(-c3cc(C(=O)O)ccc3Cl)o2)cc1.[Cl-]. The maximum Gasteiger partial charge on any atom is 0.335 e. The van der Waals surface area contributed by atoms with Crippen molar-refractivity contribution < 1.29 is 31.5 Å². The third-order valence-corrected chi connectivity index (χ3v) is 4.52. The largest absolute Gasteiger partial charge is 1.00 e. The number of nitrogens with one attached hydrogen (secondary N) is 1. The molecule has 0 spiro atoms. The Hall–Kier alpha value is -2.47. The van der Waals surface area contributed by atoms with E-state index < -0.39 is 5.97 Å². The van der Waals surface area contributed by atoms with Crippen molar-refractivity contribution in [2.24, 2.45) is 0 Å². The molecule has 28 heavy (non-hydrogen) atoms. The normalized spacial score (nSPS) is 10.4. The molecule has 0 radical (unpaired) electrons. The molecule has 3 rings (SSSR count). The van der Waals surface area contributed by atoms with Crippen LogP contribution in [0, 0.1) is 0 Å². The molecule has 2 N–H and O–H groups in total. The molecule has 0 aliphatic rings. The number of carboxylic acids is 1. The highest BCUT2D eigenvalue weighted by Crippen LogP contribution is 2.30. The first kappa shape index (κ1) is 21.8. The van der Waals surface area contributed by atoms with Crippen molar-refractivity contribution >= 4 is 17.6 Å². The summed E-state index contributed by atoms with van der Waals surface area (Å²) in [4.78, 5) is 11.1. The van der Waals surface area contributed by atoms with Gasteiger partial charge >= 0.3 is 5.97 Å². The Morgan fingerprint density at radius 2 is 1.89 bits per heavy atom. The number of ether oxygens (including phenoxy) is 1. The van der Waals surface area contributed by atoms with E-state index in [4.69, 9.17) is 25.9 Å². The van der Waals surface area contributed by atoms with Gasteiger partial charge in [0.2, 0.25) is 0 Å². The minimum absolute atomic E-state index is 0. The number of hydrogen-bond acceptors (Lipinski definition) is 4. The van der Waals surface area contributed by atoms with Crippen molar-refractivity contribution in [1.29, 1.82) is 0 Å². The third kappa shape index (κ3) is 5.52. The van der Waals surface area contributed by atoms with Crippen LogP contribution in [0.1, 0.15) is 21.7 Å². The number of benzene rings is 2. The van der Waals surface area contributed by atoms with Gasteiger partial charge in [0.15, 0.2) is 0 Å². The Labute approximate surface area is 174 Å². The predicted molar refractivity (Wildman–Crippen MR) is 105 cm³/mol. The lowest BCUT2D eigenvalue weighted by atomic mass is 10.1. The Morgan fingerprint density at radius 1 is 1.14 bits per heavy atom. The fraction of sp³-hybridized carbons (Fsp3) is 0.190. The monoisotopic (exact) mass is 420 g/mol. The van der Waals surface area contributed by atoms with E-state index in [1.54, 1.807) is 19.2 Å². The zero-order valence-corrected chi connectivity index (χ0v) is 16.8. The van der Waals surface area contributed by atoms with E-state index in [0.717, 1.165) is 24.5 Å². The zero-order valence-electron chi connectivity index (χ0n) is 15.2. The molecule has 0 aliphatic heterocycles. The van der Waals surface area contributed by atoms with Crippen LogP contribution >= 0.6 is 11.6 Å². The quantitative estimate of drug-likeness (QED) is 0.542. The van der Waals surface area contributed by atoms with Crippen LogP contribution in [0.5, 0.6) is 5.75 Å². The van der Waals surface area contributed by atoms with Gasteiger partial charge < -0.3 is 32.0 Å². The highest BCUT2D eigenvalue weighted by molar-refractivity contribution is 6.33. The van der Waals surface area contributed by atoms with Crippen LogP contribution in [0.3, 0.4) is 0 Å². The van der Waals surface area contributed by atoms with Gasteiger partial charge in [0.05, 0.1) is 24.2 Å². The van der Waals surface area contributed by atoms with Crippen LogP contribution in [0.15, 0.2) is 59.0 Å². The first-order valence-electron chi connectivity index (χ1n) is 8.52. The van der Waals surface area contributed by atoms with Gasteiger partial charge in [-0.15, -0.1) is 0 Å². The first-order valence-corrected chi connectivity index (χ1v) is 8.90. The van der Waals surface area contributed by atoms with Crippen molar-refractivity contribution in [2.45, 2.75) is 13.0 Å². The predicted octanol–water partition coefficient (Wildman–Crippen LogP) is 1.64. The second-order valence-electron chi connectivity index (χ2n) is 6.04. The summed E-state index contributed by atoms with van der Waals surface area (Å²) in [5, 5.41) is 12.9. The van der Waals surface area contributed by atoms with E-state index in [9.17, 15) is 4.79 Å². The lowest BCUT2D eigenvalue weighted by Gasteiger charge is -2.05. The van der Waals surface area contributed by atoms with Gasteiger partial charge in [-0.1, -0.05) is 23.7 Å². The number of rotatable bonds is 8. The van der Waals surface area contributed by atoms with Crippen LogP contribution in [0.2, 0.25) is 5.02 Å². The molecular formula is C21H20Cl2NO4-. The summed E-state index contributed by atoms with van der Waals surface area (Å²) in [5.41, 5.74) is 1.96. The molecule has 0 saturated carbocycles. The maximum absolute atomic E-state index is 11.1. The second-order valence-corrected chi connectivity index (χ2v) is 6.45. The molecular weight excluding hydrogens is 401 g/mol. The molecule has 0 aliphatic carbocycles. The van der Waals surface area contributed by atoms with Crippen LogP contribution in [0.4, 0.5) is 0 Å². The molecule has 1 aromatic heterocycles. The average molecular weight is 421 g/mol. The number of hydrogen-bond donors (Lipinski definition) is 2. The van der Waals surface area contributed by atoms with E-state index in [1.165, 1.54) is 17.7 Å². The number of halogens is 2. The van der Waals surface area contributed by atoms with Gasteiger partial charge in [-0.25, -0.2) is 4.79 Å². The van der Waals surface area contributed by atoms with E-state index in [1.807, 2.05) is 30.3 Å². The van der Waals surface area contributed by atoms with E-state index >= 15 is 0 Å². The van der Waals surface area contributed by atoms with Crippen molar-refractivity contribution in [3.63, 3.8) is 0 Å². The smallest absolute Gasteiger partial charge is 0.335 e. The lowest BCUT2D eigenvalue weighted by Crippen LogP contribution is -3.00. The Kier molecular flexibility index (Phi) is 7.93. The molecule has 0 fully saturated rings.